The molecule has 18 heavy (non-hydrogen) atoms. The predicted octanol–water partition coefficient (Wildman–Crippen LogP) is 2.67. The number of carboxylic acids is 1. The van der Waals surface area contributed by atoms with Crippen LogP contribution in [0.25, 0.3) is 0 Å². The summed E-state index contributed by atoms with van der Waals surface area (Å²) in [6.07, 6.45) is 0.585. The van der Waals surface area contributed by atoms with E-state index in [4.69, 9.17) is 14.6 Å². The molecule has 0 aromatic heterocycles. The molecule has 0 bridgehead atoms. The van der Waals surface area contributed by atoms with Crippen molar-refractivity contribution in [2.75, 3.05) is 13.7 Å². The molecule has 0 heterocycles. The van der Waals surface area contributed by atoms with Crippen LogP contribution in [0.4, 0.5) is 0 Å². The normalized spacial score (nSPS) is 9.89. The summed E-state index contributed by atoms with van der Waals surface area (Å²) >= 11 is 0. The summed E-state index contributed by atoms with van der Waals surface area (Å²) in [5, 5.41) is 8.64. The molecular weight excluding hydrogens is 232 g/mol. The van der Waals surface area contributed by atoms with Crippen LogP contribution in [0.3, 0.4) is 0 Å². The minimum atomic E-state index is -0.809. The third kappa shape index (κ3) is 4.49. The molecule has 0 amide bonds. The summed E-state index contributed by atoms with van der Waals surface area (Å²) in [5.41, 5.74) is 1.84. The van der Waals surface area contributed by atoms with Crippen LogP contribution in [0.5, 0.6) is 11.5 Å². The Hall–Kier alpha value is -1.97. The summed E-state index contributed by atoms with van der Waals surface area (Å²) in [6, 6.07) is 5.44. The Morgan fingerprint density at radius 3 is 2.67 bits per heavy atom. The SMILES string of the molecule is C=C(C)COc1ccc(CCC(=O)O)cc1OC. The average molecular weight is 250 g/mol. The van der Waals surface area contributed by atoms with E-state index in [1.54, 1.807) is 19.2 Å². The van der Waals surface area contributed by atoms with E-state index in [9.17, 15) is 4.79 Å². The average Bonchev–Trinajstić information content (AvgIpc) is 2.34. The third-order valence-electron chi connectivity index (χ3n) is 2.33. The van der Waals surface area contributed by atoms with Gasteiger partial charge in [-0.2, -0.15) is 0 Å². The summed E-state index contributed by atoms with van der Waals surface area (Å²) in [4.78, 5) is 10.5. The molecule has 0 saturated carbocycles. The van der Waals surface area contributed by atoms with Gasteiger partial charge in [0.25, 0.3) is 0 Å². The zero-order chi connectivity index (χ0) is 13.5. The fraction of sp³-hybridized carbons (Fsp3) is 0.357. The number of rotatable bonds is 7. The van der Waals surface area contributed by atoms with Gasteiger partial charge in [0.1, 0.15) is 6.61 Å². The molecule has 1 rings (SSSR count). The first-order valence-corrected chi connectivity index (χ1v) is 5.69. The molecule has 0 aliphatic rings. The van der Waals surface area contributed by atoms with E-state index in [2.05, 4.69) is 6.58 Å². The Morgan fingerprint density at radius 2 is 2.11 bits per heavy atom. The van der Waals surface area contributed by atoms with Gasteiger partial charge in [0.05, 0.1) is 7.11 Å². The van der Waals surface area contributed by atoms with E-state index in [0.29, 0.717) is 24.5 Å². The van der Waals surface area contributed by atoms with Crippen LogP contribution in [0.2, 0.25) is 0 Å². The van der Waals surface area contributed by atoms with E-state index in [1.165, 1.54) is 0 Å². The van der Waals surface area contributed by atoms with Crippen LogP contribution in [0, 0.1) is 0 Å². The molecule has 4 nitrogen and oxygen atoms in total. The van der Waals surface area contributed by atoms with Gasteiger partial charge in [0.15, 0.2) is 11.5 Å². The van der Waals surface area contributed by atoms with Crippen molar-refractivity contribution in [3.8, 4) is 11.5 Å². The molecule has 98 valence electrons. The summed E-state index contributed by atoms with van der Waals surface area (Å²) in [7, 11) is 1.56. The highest BCUT2D eigenvalue weighted by Crippen LogP contribution is 2.28. The molecule has 4 heteroatoms. The lowest BCUT2D eigenvalue weighted by atomic mass is 10.1. The fourth-order valence-corrected chi connectivity index (χ4v) is 1.44. The van der Waals surface area contributed by atoms with Crippen molar-refractivity contribution in [3.05, 3.63) is 35.9 Å². The number of aryl methyl sites for hydroxylation is 1. The molecule has 0 radical (unpaired) electrons. The third-order valence-corrected chi connectivity index (χ3v) is 2.33. The van der Waals surface area contributed by atoms with Crippen LogP contribution in [-0.2, 0) is 11.2 Å². The maximum atomic E-state index is 10.5. The Labute approximate surface area is 107 Å². The highest BCUT2D eigenvalue weighted by molar-refractivity contribution is 5.67. The lowest BCUT2D eigenvalue weighted by molar-refractivity contribution is -0.136. The molecular formula is C14H18O4. The molecule has 0 spiro atoms. The van der Waals surface area contributed by atoms with Gasteiger partial charge in [-0.15, -0.1) is 0 Å². The van der Waals surface area contributed by atoms with Crippen LogP contribution in [0.1, 0.15) is 18.9 Å². The molecule has 0 atom stereocenters. The molecule has 1 aromatic carbocycles. The van der Waals surface area contributed by atoms with Crippen LogP contribution < -0.4 is 9.47 Å². The summed E-state index contributed by atoms with van der Waals surface area (Å²) in [5.74, 6) is 0.440. The van der Waals surface area contributed by atoms with Gasteiger partial charge < -0.3 is 14.6 Å². The molecule has 1 aromatic rings. The standard InChI is InChI=1S/C14H18O4/c1-10(2)9-18-12-6-4-11(5-7-14(15)16)8-13(12)17-3/h4,6,8H,1,5,7,9H2,2-3H3,(H,15,16). The summed E-state index contributed by atoms with van der Waals surface area (Å²) < 4.78 is 10.8. The first-order chi connectivity index (χ1) is 8.52. The van der Waals surface area contributed by atoms with Crippen molar-refractivity contribution in [1.29, 1.82) is 0 Å². The first kappa shape index (κ1) is 14.1. The van der Waals surface area contributed by atoms with E-state index >= 15 is 0 Å². The second-order valence-electron chi connectivity index (χ2n) is 4.12. The molecule has 0 aliphatic carbocycles. The zero-order valence-electron chi connectivity index (χ0n) is 10.7. The number of hydrogen-bond acceptors (Lipinski definition) is 3. The fourth-order valence-electron chi connectivity index (χ4n) is 1.44. The van der Waals surface area contributed by atoms with Crippen molar-refractivity contribution >= 4 is 5.97 Å². The number of carbonyl (C=O) groups is 1. The van der Waals surface area contributed by atoms with Gasteiger partial charge in [-0.05, 0) is 36.6 Å². The van der Waals surface area contributed by atoms with Crippen molar-refractivity contribution < 1.29 is 19.4 Å². The number of benzene rings is 1. The van der Waals surface area contributed by atoms with E-state index in [0.717, 1.165) is 11.1 Å². The van der Waals surface area contributed by atoms with E-state index < -0.39 is 5.97 Å². The highest BCUT2D eigenvalue weighted by Gasteiger charge is 2.07. The molecule has 0 aliphatic heterocycles. The van der Waals surface area contributed by atoms with E-state index in [1.807, 2.05) is 13.0 Å². The van der Waals surface area contributed by atoms with Gasteiger partial charge in [0.2, 0.25) is 0 Å². The number of carboxylic acid groups (broad SMARTS) is 1. The van der Waals surface area contributed by atoms with Gasteiger partial charge in [-0.3, -0.25) is 4.79 Å². The number of ether oxygens (including phenoxy) is 2. The lowest BCUT2D eigenvalue weighted by Gasteiger charge is -2.11. The van der Waals surface area contributed by atoms with Crippen LogP contribution in [-0.4, -0.2) is 24.8 Å². The Kier molecular flexibility index (Phi) is 5.24. The maximum absolute atomic E-state index is 10.5. The van der Waals surface area contributed by atoms with Crippen LogP contribution >= 0.6 is 0 Å². The first-order valence-electron chi connectivity index (χ1n) is 5.69. The monoisotopic (exact) mass is 250 g/mol. The lowest BCUT2D eigenvalue weighted by Crippen LogP contribution is -2.01. The second kappa shape index (κ2) is 6.69. The number of aliphatic carboxylic acids is 1. The van der Waals surface area contributed by atoms with Crippen molar-refractivity contribution in [2.45, 2.75) is 19.8 Å². The Balaban J connectivity index is 2.75. The minimum Gasteiger partial charge on any atom is -0.493 e. The number of methoxy groups -OCH3 is 1. The van der Waals surface area contributed by atoms with Gasteiger partial charge in [-0.1, -0.05) is 12.6 Å². The maximum Gasteiger partial charge on any atom is 0.303 e. The highest BCUT2D eigenvalue weighted by atomic mass is 16.5. The smallest absolute Gasteiger partial charge is 0.303 e. The Morgan fingerprint density at radius 1 is 1.39 bits per heavy atom. The molecule has 0 unspecified atom stereocenters. The van der Waals surface area contributed by atoms with Crippen molar-refractivity contribution in [1.82, 2.24) is 0 Å². The van der Waals surface area contributed by atoms with Crippen LogP contribution in [0.15, 0.2) is 30.4 Å². The molecule has 1 N–H and O–H groups in total. The van der Waals surface area contributed by atoms with Gasteiger partial charge in [0, 0.05) is 6.42 Å². The van der Waals surface area contributed by atoms with Crippen molar-refractivity contribution in [2.24, 2.45) is 0 Å². The van der Waals surface area contributed by atoms with Crippen molar-refractivity contribution in [3.63, 3.8) is 0 Å². The Bertz CT molecular complexity index is 437. The zero-order valence-corrected chi connectivity index (χ0v) is 10.7. The largest absolute Gasteiger partial charge is 0.493 e. The predicted molar refractivity (Wildman–Crippen MR) is 69.3 cm³/mol. The second-order valence-corrected chi connectivity index (χ2v) is 4.12. The van der Waals surface area contributed by atoms with E-state index in [-0.39, 0.29) is 6.42 Å². The van der Waals surface area contributed by atoms with Gasteiger partial charge in [-0.25, -0.2) is 0 Å². The molecule has 0 fully saturated rings. The quantitative estimate of drug-likeness (QED) is 0.756. The van der Waals surface area contributed by atoms with Gasteiger partial charge >= 0.3 is 5.97 Å². The minimum absolute atomic E-state index is 0.106. The molecule has 0 saturated heterocycles. The topological polar surface area (TPSA) is 55.8 Å². The summed E-state index contributed by atoms with van der Waals surface area (Å²) in [6.45, 7) is 6.08. The number of hydrogen-bond donors (Lipinski definition) is 1.